The Bertz CT molecular complexity index is 492. The Morgan fingerprint density at radius 3 is 2.18 bits per heavy atom. The number of nitro benzene ring substituents is 1. The van der Waals surface area contributed by atoms with Crippen LogP contribution in [0.15, 0.2) is 6.07 Å². The summed E-state index contributed by atoms with van der Waals surface area (Å²) >= 11 is 0. The fraction of sp³-hybridized carbons (Fsp3) is 0.300. The average Bonchev–Trinajstić information content (AvgIpc) is 2.35. The zero-order valence-electron chi connectivity index (χ0n) is 9.51. The quantitative estimate of drug-likeness (QED) is 0.582. The molecule has 0 unspecified atom stereocenters. The predicted octanol–water partition coefficient (Wildman–Crippen LogP) is 1.49. The van der Waals surface area contributed by atoms with Gasteiger partial charge in [-0.05, 0) is 0 Å². The van der Waals surface area contributed by atoms with E-state index in [1.54, 1.807) is 6.07 Å². The zero-order chi connectivity index (χ0) is 13.0. The summed E-state index contributed by atoms with van der Waals surface area (Å²) in [5, 5.41) is 19.8. The molecule has 17 heavy (non-hydrogen) atoms. The molecule has 0 saturated heterocycles. The molecule has 0 heterocycles. The van der Waals surface area contributed by atoms with Gasteiger partial charge >= 0.3 is 5.69 Å². The summed E-state index contributed by atoms with van der Waals surface area (Å²) in [6.07, 6.45) is 0. The van der Waals surface area contributed by atoms with Crippen LogP contribution in [0, 0.1) is 21.4 Å². The molecule has 0 aliphatic rings. The first-order chi connectivity index (χ1) is 8.10. The largest absolute Gasteiger partial charge is 0.493 e. The van der Waals surface area contributed by atoms with Crippen LogP contribution >= 0.6 is 0 Å². The van der Waals surface area contributed by atoms with Gasteiger partial charge in [0.1, 0.15) is 11.6 Å². The number of nitro groups is 1. The van der Waals surface area contributed by atoms with E-state index in [1.165, 1.54) is 27.4 Å². The summed E-state index contributed by atoms with van der Waals surface area (Å²) in [4.78, 5) is 10.2. The van der Waals surface area contributed by atoms with Crippen LogP contribution in [0.3, 0.4) is 0 Å². The Hall–Kier alpha value is -2.49. The van der Waals surface area contributed by atoms with Gasteiger partial charge in [-0.2, -0.15) is 5.26 Å². The summed E-state index contributed by atoms with van der Waals surface area (Å²) < 4.78 is 14.9. The second-order valence-corrected chi connectivity index (χ2v) is 2.91. The molecule has 0 atom stereocenters. The lowest BCUT2D eigenvalue weighted by molar-refractivity contribution is -0.386. The van der Waals surface area contributed by atoms with E-state index < -0.39 is 10.6 Å². The molecular weight excluding hydrogens is 228 g/mol. The highest BCUT2D eigenvalue weighted by atomic mass is 16.6. The fourth-order valence-corrected chi connectivity index (χ4v) is 1.41. The number of methoxy groups -OCH3 is 3. The van der Waals surface area contributed by atoms with Gasteiger partial charge in [-0.3, -0.25) is 10.1 Å². The van der Waals surface area contributed by atoms with Crippen molar-refractivity contribution in [2.45, 2.75) is 0 Å². The van der Waals surface area contributed by atoms with Gasteiger partial charge in [-0.1, -0.05) is 0 Å². The monoisotopic (exact) mass is 238 g/mol. The van der Waals surface area contributed by atoms with Crippen LogP contribution in [0.25, 0.3) is 0 Å². The molecule has 1 aromatic rings. The van der Waals surface area contributed by atoms with Gasteiger partial charge in [0.2, 0.25) is 11.5 Å². The Morgan fingerprint density at radius 2 is 1.82 bits per heavy atom. The first kappa shape index (κ1) is 12.6. The molecule has 0 radical (unpaired) electrons. The van der Waals surface area contributed by atoms with Gasteiger partial charge in [0.15, 0.2) is 5.75 Å². The summed E-state index contributed by atoms with van der Waals surface area (Å²) in [7, 11) is 3.95. The standard InChI is InChI=1S/C10H10N2O5/c1-15-7-4-6(5-11)8(12(13)14)10(17-3)9(7)16-2/h4H,1-3H3. The zero-order valence-corrected chi connectivity index (χ0v) is 9.51. The molecule has 7 heteroatoms. The van der Waals surface area contributed by atoms with Crippen molar-refractivity contribution in [1.82, 2.24) is 0 Å². The number of ether oxygens (including phenoxy) is 3. The van der Waals surface area contributed by atoms with Crippen molar-refractivity contribution in [2.24, 2.45) is 0 Å². The second kappa shape index (κ2) is 5.03. The maximum absolute atomic E-state index is 10.9. The number of nitriles is 1. The molecule has 1 rings (SSSR count). The van der Waals surface area contributed by atoms with Crippen LogP contribution in [-0.2, 0) is 0 Å². The first-order valence-corrected chi connectivity index (χ1v) is 4.48. The lowest BCUT2D eigenvalue weighted by Gasteiger charge is -2.12. The summed E-state index contributed by atoms with van der Waals surface area (Å²) in [6, 6.07) is 2.96. The first-order valence-electron chi connectivity index (χ1n) is 4.48. The van der Waals surface area contributed by atoms with Crippen molar-refractivity contribution >= 4 is 5.69 Å². The number of benzene rings is 1. The minimum Gasteiger partial charge on any atom is -0.493 e. The van der Waals surface area contributed by atoms with E-state index in [-0.39, 0.29) is 22.8 Å². The van der Waals surface area contributed by atoms with Crippen molar-refractivity contribution in [3.05, 3.63) is 21.7 Å². The van der Waals surface area contributed by atoms with Crippen molar-refractivity contribution in [3.8, 4) is 23.3 Å². The predicted molar refractivity (Wildman–Crippen MR) is 57.5 cm³/mol. The Balaban J connectivity index is 3.69. The van der Waals surface area contributed by atoms with Gasteiger partial charge in [-0.15, -0.1) is 0 Å². The number of hydrogen-bond donors (Lipinski definition) is 0. The maximum atomic E-state index is 10.9. The highest BCUT2D eigenvalue weighted by Crippen LogP contribution is 2.45. The lowest BCUT2D eigenvalue weighted by atomic mass is 10.1. The molecule has 0 saturated carbocycles. The molecule has 0 fully saturated rings. The number of rotatable bonds is 4. The topological polar surface area (TPSA) is 94.6 Å². The van der Waals surface area contributed by atoms with Crippen LogP contribution in [0.1, 0.15) is 5.56 Å². The van der Waals surface area contributed by atoms with Gasteiger partial charge in [-0.25, -0.2) is 0 Å². The normalized spacial score (nSPS) is 9.29. The van der Waals surface area contributed by atoms with Gasteiger partial charge in [0.05, 0.1) is 26.3 Å². The van der Waals surface area contributed by atoms with E-state index in [2.05, 4.69) is 0 Å². The van der Waals surface area contributed by atoms with E-state index in [9.17, 15) is 10.1 Å². The highest BCUT2D eigenvalue weighted by Gasteiger charge is 2.28. The van der Waals surface area contributed by atoms with Crippen LogP contribution in [0.5, 0.6) is 17.2 Å². The van der Waals surface area contributed by atoms with E-state index in [4.69, 9.17) is 19.5 Å². The maximum Gasteiger partial charge on any atom is 0.332 e. The molecule has 0 aromatic heterocycles. The van der Waals surface area contributed by atoms with E-state index in [0.29, 0.717) is 0 Å². The molecule has 0 aliphatic heterocycles. The summed E-state index contributed by atoms with van der Waals surface area (Å²) in [6.45, 7) is 0. The summed E-state index contributed by atoms with van der Waals surface area (Å²) in [5.74, 6) is 0.153. The van der Waals surface area contributed by atoms with E-state index in [1.807, 2.05) is 0 Å². The van der Waals surface area contributed by atoms with Crippen molar-refractivity contribution in [3.63, 3.8) is 0 Å². The van der Waals surface area contributed by atoms with Crippen LogP contribution in [0.2, 0.25) is 0 Å². The third-order valence-corrected chi connectivity index (χ3v) is 2.11. The van der Waals surface area contributed by atoms with Crippen molar-refractivity contribution in [2.75, 3.05) is 21.3 Å². The highest BCUT2D eigenvalue weighted by molar-refractivity contribution is 5.69. The molecule has 0 aliphatic carbocycles. The molecule has 1 aromatic carbocycles. The van der Waals surface area contributed by atoms with E-state index >= 15 is 0 Å². The lowest BCUT2D eigenvalue weighted by Crippen LogP contribution is -2.01. The minimum absolute atomic E-state index is 0.0840. The molecule has 7 nitrogen and oxygen atoms in total. The second-order valence-electron chi connectivity index (χ2n) is 2.91. The summed E-state index contributed by atoms with van der Waals surface area (Å²) in [5.41, 5.74) is -0.586. The van der Waals surface area contributed by atoms with Crippen LogP contribution < -0.4 is 14.2 Å². The SMILES string of the molecule is COc1cc(C#N)c([N+](=O)[O-])c(OC)c1OC. The smallest absolute Gasteiger partial charge is 0.332 e. The Kier molecular flexibility index (Phi) is 3.72. The molecule has 90 valence electrons. The third-order valence-electron chi connectivity index (χ3n) is 2.11. The van der Waals surface area contributed by atoms with Gasteiger partial charge in [0, 0.05) is 6.07 Å². The average molecular weight is 238 g/mol. The molecule has 0 N–H and O–H groups in total. The van der Waals surface area contributed by atoms with Crippen molar-refractivity contribution < 1.29 is 19.1 Å². The van der Waals surface area contributed by atoms with Gasteiger partial charge in [0.25, 0.3) is 0 Å². The third kappa shape index (κ3) is 2.06. The van der Waals surface area contributed by atoms with Gasteiger partial charge < -0.3 is 14.2 Å². The Labute approximate surface area is 97.3 Å². The molecule has 0 bridgehead atoms. The number of hydrogen-bond acceptors (Lipinski definition) is 6. The molecular formula is C10H10N2O5. The fourth-order valence-electron chi connectivity index (χ4n) is 1.41. The molecule has 0 spiro atoms. The Morgan fingerprint density at radius 1 is 1.24 bits per heavy atom. The number of nitrogens with zero attached hydrogens (tertiary/aromatic N) is 2. The molecule has 0 amide bonds. The van der Waals surface area contributed by atoms with E-state index in [0.717, 1.165) is 0 Å². The minimum atomic E-state index is -0.695. The van der Waals surface area contributed by atoms with Crippen molar-refractivity contribution in [1.29, 1.82) is 5.26 Å². The van der Waals surface area contributed by atoms with Crippen LogP contribution in [0.4, 0.5) is 5.69 Å². The van der Waals surface area contributed by atoms with Crippen LogP contribution in [-0.4, -0.2) is 26.3 Å².